The van der Waals surface area contributed by atoms with Crippen LogP contribution >= 0.6 is 0 Å². The number of fused-ring (bicyclic) bond motifs is 1. The predicted octanol–water partition coefficient (Wildman–Crippen LogP) is 6.51. The summed E-state index contributed by atoms with van der Waals surface area (Å²) in [6, 6.07) is 7.75. The van der Waals surface area contributed by atoms with Crippen molar-refractivity contribution in [3.63, 3.8) is 0 Å². The second kappa shape index (κ2) is 14.0. The largest absolute Gasteiger partial charge is 0.461 e. The zero-order valence-electron chi connectivity index (χ0n) is 22.8. The minimum Gasteiger partial charge on any atom is -0.461 e. The van der Waals surface area contributed by atoms with Crippen molar-refractivity contribution in [3.05, 3.63) is 71.0 Å². The molecule has 6 nitrogen and oxygen atoms in total. The molecule has 2 aliphatic rings. The number of nitrogens with zero attached hydrogens (tertiary/aromatic N) is 1. The van der Waals surface area contributed by atoms with Crippen LogP contribution in [0.3, 0.4) is 0 Å². The van der Waals surface area contributed by atoms with Crippen LogP contribution in [0.15, 0.2) is 54.1 Å². The first-order valence-electron chi connectivity index (χ1n) is 13.4. The van der Waals surface area contributed by atoms with Gasteiger partial charge in [0.25, 0.3) is 0 Å². The van der Waals surface area contributed by atoms with Gasteiger partial charge in [-0.2, -0.15) is 0 Å². The Hall–Kier alpha value is -3.09. The first-order valence-corrected chi connectivity index (χ1v) is 13.4. The van der Waals surface area contributed by atoms with E-state index in [1.54, 1.807) is 13.2 Å². The number of ether oxygens (including phenoxy) is 2. The molecule has 4 rings (SSSR count). The Morgan fingerprint density at radius 1 is 1.19 bits per heavy atom. The lowest BCUT2D eigenvalue weighted by Crippen LogP contribution is -2.42. The van der Waals surface area contributed by atoms with E-state index in [1.807, 2.05) is 52.0 Å². The molecular weight excluding hydrogens is 464 g/mol. The lowest BCUT2D eigenvalue weighted by molar-refractivity contribution is -0.152. The maximum absolute atomic E-state index is 12.7. The maximum atomic E-state index is 12.7. The molecule has 0 saturated heterocycles. The summed E-state index contributed by atoms with van der Waals surface area (Å²) in [5, 5.41) is 4.35. The lowest BCUT2D eigenvalue weighted by atomic mass is 9.98. The number of aromatic nitrogens is 1. The molecule has 1 N–H and O–H groups in total. The fourth-order valence-electron chi connectivity index (χ4n) is 4.62. The number of hydrogen-bond donors (Lipinski definition) is 1. The molecule has 1 aromatic heterocycles. The molecule has 202 valence electrons. The summed E-state index contributed by atoms with van der Waals surface area (Å²) in [6.45, 7) is 8.63. The number of benzene rings is 1. The van der Waals surface area contributed by atoms with E-state index in [1.165, 1.54) is 0 Å². The molecule has 1 atom stereocenters. The van der Waals surface area contributed by atoms with E-state index in [-0.39, 0.29) is 27.3 Å². The zero-order chi connectivity index (χ0) is 26.8. The number of carbonyl (C=O) groups is 2. The Morgan fingerprint density at radius 2 is 1.95 bits per heavy atom. The van der Waals surface area contributed by atoms with E-state index < -0.39 is 6.04 Å². The van der Waals surface area contributed by atoms with Gasteiger partial charge in [0, 0.05) is 21.9 Å². The van der Waals surface area contributed by atoms with Gasteiger partial charge in [0.05, 0.1) is 17.8 Å². The normalized spacial score (nSPS) is 20.5. The van der Waals surface area contributed by atoms with Gasteiger partial charge in [-0.05, 0) is 92.5 Å². The molecule has 0 radical (unpaired) electrons. The number of carbonyl (C=O) groups excluding carboxylic acids is 2. The minimum atomic E-state index is -0.517. The van der Waals surface area contributed by atoms with Crippen LogP contribution < -0.4 is 5.32 Å². The summed E-state index contributed by atoms with van der Waals surface area (Å²) in [5.74, 6) is -0.225. The Morgan fingerprint density at radius 3 is 2.68 bits per heavy atom. The molecule has 2 aliphatic carbocycles. The van der Waals surface area contributed by atoms with Crippen molar-refractivity contribution >= 4 is 28.2 Å². The predicted molar refractivity (Wildman–Crippen MR) is 153 cm³/mol. The number of pyridine rings is 1. The van der Waals surface area contributed by atoms with Gasteiger partial charge in [0.15, 0.2) is 5.78 Å². The van der Waals surface area contributed by atoms with Crippen molar-refractivity contribution in [2.24, 2.45) is 0 Å². The van der Waals surface area contributed by atoms with Gasteiger partial charge in [0.1, 0.15) is 12.1 Å². The van der Waals surface area contributed by atoms with E-state index in [0.29, 0.717) is 18.5 Å². The Bertz CT molecular complexity index is 1200. The van der Waals surface area contributed by atoms with E-state index in [2.05, 4.69) is 23.5 Å². The average molecular weight is 509 g/mol. The third kappa shape index (κ3) is 7.70. The number of rotatable bonds is 8. The van der Waals surface area contributed by atoms with Crippen LogP contribution in [-0.2, 0) is 25.6 Å². The third-order valence-electron chi connectivity index (χ3n) is 6.61. The third-order valence-corrected chi connectivity index (χ3v) is 6.61. The highest BCUT2D eigenvalue weighted by Gasteiger charge is 2.25. The number of hydrogen-bond acceptors (Lipinski definition) is 6. The number of ketones is 1. The standard InChI is InChI=1S/C29H34N2O4.C2H6.2H2/c1-19-14-23(8-4-7-11-27(19)32)28-20(2)15-22-13-12-21(16-25(22)31-28)17-30-26(18-34-3)29(33)35-24-9-5-6-10-24;1-2;;/h7-8,11-16,24,26,30H,4-6,9-10,17-18H2,1-3H3;1-2H3;2*1H/b11-7+,19-14-,23-8+;;;/t26-;;;/m0.../s1. The van der Waals surface area contributed by atoms with Gasteiger partial charge in [-0.25, -0.2) is 4.98 Å². The number of nitrogens with one attached hydrogen (secondary N) is 1. The van der Waals surface area contributed by atoms with E-state index in [9.17, 15) is 9.59 Å². The molecule has 0 aliphatic heterocycles. The molecule has 2 aromatic rings. The second-order valence-electron chi connectivity index (χ2n) is 9.40. The summed E-state index contributed by atoms with van der Waals surface area (Å²) in [5.41, 5.74) is 5.48. The molecule has 1 saturated carbocycles. The first kappa shape index (κ1) is 28.5. The SMILES string of the molecule is CC.COC[C@H](NCc1ccc2cc(C)c(C3=C/C/C=C/C(=O)/C(C)=C\3)nc2c1)C(=O)OC1CCCC1.[HH].[HH]. The van der Waals surface area contributed by atoms with Crippen LogP contribution in [0.25, 0.3) is 16.5 Å². The molecular formula is C31H44N2O4. The fraction of sp³-hybridized carbons (Fsp3) is 0.452. The van der Waals surface area contributed by atoms with Crippen LogP contribution in [0.2, 0.25) is 0 Å². The van der Waals surface area contributed by atoms with Gasteiger partial charge in [-0.3, -0.25) is 14.9 Å². The molecule has 6 heteroatoms. The molecule has 0 amide bonds. The van der Waals surface area contributed by atoms with Gasteiger partial charge in [-0.1, -0.05) is 38.1 Å². The van der Waals surface area contributed by atoms with Crippen molar-refractivity contribution in [2.45, 2.75) is 78.5 Å². The molecule has 0 unspecified atom stereocenters. The summed E-state index contributed by atoms with van der Waals surface area (Å²) < 4.78 is 10.9. The van der Waals surface area contributed by atoms with Crippen molar-refractivity contribution < 1.29 is 21.9 Å². The van der Waals surface area contributed by atoms with Crippen LogP contribution in [0.4, 0.5) is 0 Å². The first-order chi connectivity index (χ1) is 17.9. The Labute approximate surface area is 223 Å². The number of aryl methyl sites for hydroxylation is 1. The van der Waals surface area contributed by atoms with E-state index in [4.69, 9.17) is 14.5 Å². The minimum absolute atomic E-state index is 0. The lowest BCUT2D eigenvalue weighted by Gasteiger charge is -2.20. The molecule has 37 heavy (non-hydrogen) atoms. The highest BCUT2D eigenvalue weighted by molar-refractivity contribution is 6.05. The van der Waals surface area contributed by atoms with Crippen LogP contribution in [0.1, 0.15) is 72.5 Å². The van der Waals surface area contributed by atoms with Gasteiger partial charge < -0.3 is 9.47 Å². The van der Waals surface area contributed by atoms with Crippen LogP contribution in [0, 0.1) is 6.92 Å². The highest BCUT2D eigenvalue weighted by atomic mass is 16.5. The molecule has 1 heterocycles. The smallest absolute Gasteiger partial charge is 0.325 e. The Balaban J connectivity index is 0.00000186. The van der Waals surface area contributed by atoms with Crippen molar-refractivity contribution in [1.82, 2.24) is 10.3 Å². The summed E-state index contributed by atoms with van der Waals surface area (Å²) in [7, 11) is 1.59. The second-order valence-corrected chi connectivity index (χ2v) is 9.40. The number of allylic oxidation sites excluding steroid dienone is 6. The molecule has 0 spiro atoms. The average Bonchev–Trinajstić information content (AvgIpc) is 3.41. The summed E-state index contributed by atoms with van der Waals surface area (Å²) >= 11 is 0. The van der Waals surface area contributed by atoms with Crippen molar-refractivity contribution in [2.75, 3.05) is 13.7 Å². The van der Waals surface area contributed by atoms with Crippen molar-refractivity contribution in [3.8, 4) is 0 Å². The maximum Gasteiger partial charge on any atom is 0.325 e. The number of methoxy groups -OCH3 is 1. The van der Waals surface area contributed by atoms with E-state index in [0.717, 1.165) is 59.0 Å². The molecule has 0 bridgehead atoms. The summed E-state index contributed by atoms with van der Waals surface area (Å²) in [4.78, 5) is 29.8. The summed E-state index contributed by atoms with van der Waals surface area (Å²) in [6.07, 6.45) is 12.4. The monoisotopic (exact) mass is 508 g/mol. The van der Waals surface area contributed by atoms with Crippen LogP contribution in [0.5, 0.6) is 0 Å². The topological polar surface area (TPSA) is 77.5 Å². The fourth-order valence-corrected chi connectivity index (χ4v) is 4.62. The van der Waals surface area contributed by atoms with Gasteiger partial charge in [-0.15, -0.1) is 0 Å². The zero-order valence-corrected chi connectivity index (χ0v) is 22.8. The van der Waals surface area contributed by atoms with Crippen LogP contribution in [-0.4, -0.2) is 42.6 Å². The number of esters is 1. The Kier molecular flexibility index (Phi) is 10.8. The van der Waals surface area contributed by atoms with E-state index >= 15 is 0 Å². The quantitative estimate of drug-likeness (QED) is 0.410. The van der Waals surface area contributed by atoms with Crippen molar-refractivity contribution in [1.29, 1.82) is 0 Å². The highest BCUT2D eigenvalue weighted by Crippen LogP contribution is 2.26. The molecule has 1 fully saturated rings. The molecule has 1 aromatic carbocycles. The van der Waals surface area contributed by atoms with Gasteiger partial charge >= 0.3 is 5.97 Å². The van der Waals surface area contributed by atoms with Gasteiger partial charge in [0.2, 0.25) is 0 Å².